The van der Waals surface area contributed by atoms with E-state index >= 15 is 0 Å². The molecular formula is C19H16N2O3S. The smallest absolute Gasteiger partial charge is 0.264 e. The molecule has 2 aromatic carbocycles. The van der Waals surface area contributed by atoms with Gasteiger partial charge in [-0.15, -0.1) is 0 Å². The maximum absolute atomic E-state index is 13.1. The summed E-state index contributed by atoms with van der Waals surface area (Å²) >= 11 is 0. The summed E-state index contributed by atoms with van der Waals surface area (Å²) in [4.78, 5) is 0.124. The summed E-state index contributed by atoms with van der Waals surface area (Å²) in [6, 6.07) is 18.6. The molecule has 0 aliphatic carbocycles. The Morgan fingerprint density at radius 3 is 2.28 bits per heavy atom. The Morgan fingerprint density at radius 1 is 1.04 bits per heavy atom. The minimum Gasteiger partial charge on any atom is -0.467 e. The van der Waals surface area contributed by atoms with Gasteiger partial charge in [-0.3, -0.25) is 4.31 Å². The van der Waals surface area contributed by atoms with Crippen LogP contribution in [0.5, 0.6) is 0 Å². The van der Waals surface area contributed by atoms with Crippen molar-refractivity contribution in [3.63, 3.8) is 0 Å². The van der Waals surface area contributed by atoms with Gasteiger partial charge in [-0.2, -0.15) is 5.26 Å². The molecule has 5 nitrogen and oxygen atoms in total. The van der Waals surface area contributed by atoms with Gasteiger partial charge in [0, 0.05) is 0 Å². The van der Waals surface area contributed by atoms with Gasteiger partial charge in [-0.1, -0.05) is 17.7 Å². The third kappa shape index (κ3) is 3.57. The van der Waals surface area contributed by atoms with E-state index in [0.29, 0.717) is 17.0 Å². The van der Waals surface area contributed by atoms with Crippen molar-refractivity contribution in [3.05, 3.63) is 83.8 Å². The van der Waals surface area contributed by atoms with E-state index in [1.54, 1.807) is 24.3 Å². The standard InChI is InChI=1S/C19H16N2O3S/c1-15-4-8-17(9-5-15)21(14-18-3-2-12-24-18)25(22,23)19-10-6-16(13-20)7-11-19/h2-12H,14H2,1H3. The zero-order chi connectivity index (χ0) is 17.9. The van der Waals surface area contributed by atoms with Crippen LogP contribution in [0, 0.1) is 18.3 Å². The molecule has 0 spiro atoms. The van der Waals surface area contributed by atoms with Crippen LogP contribution in [-0.4, -0.2) is 8.42 Å². The molecule has 6 heteroatoms. The van der Waals surface area contributed by atoms with Crippen molar-refractivity contribution in [1.82, 2.24) is 0 Å². The molecule has 1 aromatic heterocycles. The highest BCUT2D eigenvalue weighted by Crippen LogP contribution is 2.26. The Balaban J connectivity index is 2.05. The fourth-order valence-electron chi connectivity index (χ4n) is 2.40. The van der Waals surface area contributed by atoms with Gasteiger partial charge in [0.05, 0.1) is 35.0 Å². The van der Waals surface area contributed by atoms with Crippen molar-refractivity contribution in [2.75, 3.05) is 4.31 Å². The van der Waals surface area contributed by atoms with E-state index < -0.39 is 10.0 Å². The Labute approximate surface area is 146 Å². The number of nitrogens with zero attached hydrogens (tertiary/aromatic N) is 2. The monoisotopic (exact) mass is 352 g/mol. The molecule has 0 N–H and O–H groups in total. The van der Waals surface area contributed by atoms with Crippen LogP contribution in [0.4, 0.5) is 5.69 Å². The summed E-state index contributed by atoms with van der Waals surface area (Å²) in [6.07, 6.45) is 1.51. The molecule has 0 unspecified atom stereocenters. The Hall–Kier alpha value is -3.04. The lowest BCUT2D eigenvalue weighted by molar-refractivity contribution is 0.508. The highest BCUT2D eigenvalue weighted by Gasteiger charge is 2.26. The molecular weight excluding hydrogens is 336 g/mol. The summed E-state index contributed by atoms with van der Waals surface area (Å²) < 4.78 is 32.9. The SMILES string of the molecule is Cc1ccc(N(Cc2ccco2)S(=O)(=O)c2ccc(C#N)cc2)cc1. The molecule has 1 heterocycles. The average Bonchev–Trinajstić information content (AvgIpc) is 3.14. The number of sulfonamides is 1. The van der Waals surface area contributed by atoms with Gasteiger partial charge in [-0.25, -0.2) is 8.42 Å². The molecule has 0 bridgehead atoms. The average molecular weight is 352 g/mol. The van der Waals surface area contributed by atoms with Crippen LogP contribution < -0.4 is 4.31 Å². The molecule has 3 rings (SSSR count). The highest BCUT2D eigenvalue weighted by molar-refractivity contribution is 7.92. The maximum atomic E-state index is 13.1. The first kappa shape index (κ1) is 16.8. The van der Waals surface area contributed by atoms with Crippen molar-refractivity contribution in [3.8, 4) is 6.07 Å². The van der Waals surface area contributed by atoms with Crippen molar-refractivity contribution < 1.29 is 12.8 Å². The molecule has 0 radical (unpaired) electrons. The topological polar surface area (TPSA) is 74.3 Å². The second-order valence-corrected chi connectivity index (χ2v) is 7.43. The van der Waals surface area contributed by atoms with E-state index in [9.17, 15) is 8.42 Å². The van der Waals surface area contributed by atoms with Crippen LogP contribution in [0.1, 0.15) is 16.9 Å². The largest absolute Gasteiger partial charge is 0.467 e. The van der Waals surface area contributed by atoms with Crippen molar-refractivity contribution in [2.24, 2.45) is 0 Å². The second kappa shape index (κ2) is 6.83. The normalized spacial score (nSPS) is 11.0. The minimum absolute atomic E-state index is 0.0817. The zero-order valence-corrected chi connectivity index (χ0v) is 14.4. The van der Waals surface area contributed by atoms with E-state index in [-0.39, 0.29) is 11.4 Å². The van der Waals surface area contributed by atoms with Crippen LogP contribution in [-0.2, 0) is 16.6 Å². The predicted molar refractivity (Wildman–Crippen MR) is 94.4 cm³/mol. The third-order valence-corrected chi connectivity index (χ3v) is 5.56. The van der Waals surface area contributed by atoms with E-state index in [4.69, 9.17) is 9.68 Å². The van der Waals surface area contributed by atoms with Crippen LogP contribution >= 0.6 is 0 Å². The number of nitriles is 1. The maximum Gasteiger partial charge on any atom is 0.264 e. The summed E-state index contributed by atoms with van der Waals surface area (Å²) in [5.74, 6) is 0.540. The van der Waals surface area contributed by atoms with Gasteiger partial charge < -0.3 is 4.42 Å². The minimum atomic E-state index is -3.80. The third-order valence-electron chi connectivity index (χ3n) is 3.77. The van der Waals surface area contributed by atoms with Crippen molar-refractivity contribution in [1.29, 1.82) is 5.26 Å². The lowest BCUT2D eigenvalue weighted by atomic mass is 10.2. The zero-order valence-electron chi connectivity index (χ0n) is 13.6. The number of hydrogen-bond donors (Lipinski definition) is 0. The summed E-state index contributed by atoms with van der Waals surface area (Å²) in [7, 11) is -3.80. The van der Waals surface area contributed by atoms with Crippen LogP contribution in [0.3, 0.4) is 0 Å². The number of aryl methyl sites for hydroxylation is 1. The number of hydrogen-bond acceptors (Lipinski definition) is 4. The number of benzene rings is 2. The lowest BCUT2D eigenvalue weighted by Crippen LogP contribution is -2.30. The van der Waals surface area contributed by atoms with Gasteiger partial charge in [0.2, 0.25) is 0 Å². The van der Waals surface area contributed by atoms with E-state index in [1.807, 2.05) is 25.1 Å². The fraction of sp³-hybridized carbons (Fsp3) is 0.105. The molecule has 0 atom stereocenters. The van der Waals surface area contributed by atoms with E-state index in [0.717, 1.165) is 5.56 Å². The fourth-order valence-corrected chi connectivity index (χ4v) is 3.83. The van der Waals surface area contributed by atoms with E-state index in [1.165, 1.54) is 34.8 Å². The van der Waals surface area contributed by atoms with Crippen LogP contribution in [0.2, 0.25) is 0 Å². The summed E-state index contributed by atoms with van der Waals surface area (Å²) in [5.41, 5.74) is 2.00. The van der Waals surface area contributed by atoms with Gasteiger partial charge in [0.25, 0.3) is 10.0 Å². The van der Waals surface area contributed by atoms with E-state index in [2.05, 4.69) is 0 Å². The molecule has 25 heavy (non-hydrogen) atoms. The second-order valence-electron chi connectivity index (χ2n) is 5.56. The predicted octanol–water partition coefficient (Wildman–Crippen LogP) is 3.86. The molecule has 126 valence electrons. The van der Waals surface area contributed by atoms with Crippen molar-refractivity contribution in [2.45, 2.75) is 18.4 Å². The van der Waals surface area contributed by atoms with Crippen LogP contribution in [0.25, 0.3) is 0 Å². The molecule has 0 fully saturated rings. The van der Waals surface area contributed by atoms with Crippen LogP contribution in [0.15, 0.2) is 76.2 Å². The first-order chi connectivity index (χ1) is 12.0. The first-order valence-electron chi connectivity index (χ1n) is 7.62. The molecule has 0 aliphatic rings. The number of rotatable bonds is 5. The number of furan rings is 1. The number of anilines is 1. The highest BCUT2D eigenvalue weighted by atomic mass is 32.2. The summed E-state index contributed by atoms with van der Waals surface area (Å²) in [5, 5.41) is 8.89. The summed E-state index contributed by atoms with van der Waals surface area (Å²) in [6.45, 7) is 2.02. The molecule has 0 aliphatic heterocycles. The van der Waals surface area contributed by atoms with Gasteiger partial charge in [0.15, 0.2) is 0 Å². The van der Waals surface area contributed by atoms with Gasteiger partial charge in [-0.05, 0) is 55.5 Å². The first-order valence-corrected chi connectivity index (χ1v) is 9.06. The van der Waals surface area contributed by atoms with Crippen molar-refractivity contribution >= 4 is 15.7 Å². The van der Waals surface area contributed by atoms with Gasteiger partial charge in [0.1, 0.15) is 5.76 Å². The quantitative estimate of drug-likeness (QED) is 0.699. The molecule has 0 amide bonds. The Morgan fingerprint density at radius 2 is 1.72 bits per heavy atom. The van der Waals surface area contributed by atoms with Gasteiger partial charge >= 0.3 is 0 Å². The Bertz CT molecular complexity index is 984. The molecule has 0 saturated heterocycles. The Kier molecular flexibility index (Phi) is 4.59. The lowest BCUT2D eigenvalue weighted by Gasteiger charge is -2.24. The molecule has 3 aromatic rings. The molecule has 0 saturated carbocycles.